The minimum atomic E-state index is -0.995. The number of carboxylic acid groups (broad SMARTS) is 1. The number of hydrogen-bond acceptors (Lipinski definition) is 4. The molecule has 0 aliphatic carbocycles. The van der Waals surface area contributed by atoms with E-state index in [0.29, 0.717) is 27.8 Å². The lowest BCUT2D eigenvalue weighted by Gasteiger charge is -2.09. The molecule has 1 N–H and O–H groups in total. The van der Waals surface area contributed by atoms with Crippen LogP contribution in [0, 0.1) is 6.92 Å². The first-order valence-corrected chi connectivity index (χ1v) is 7.57. The molecule has 0 aliphatic heterocycles. The molecule has 3 rings (SSSR count). The second-order valence-electron chi connectivity index (χ2n) is 4.55. The SMILES string of the molecule is CCn1ncc2c(-c3ccc(Cl)s3)c(C(=O)O)c(C)nc21. The molecule has 0 amide bonds. The van der Waals surface area contributed by atoms with E-state index >= 15 is 0 Å². The molecule has 0 saturated heterocycles. The summed E-state index contributed by atoms with van der Waals surface area (Å²) in [5.41, 5.74) is 2.02. The molecule has 108 valence electrons. The van der Waals surface area contributed by atoms with Crippen molar-refractivity contribution < 1.29 is 9.90 Å². The van der Waals surface area contributed by atoms with E-state index in [1.165, 1.54) is 11.3 Å². The van der Waals surface area contributed by atoms with Gasteiger partial charge in [-0.1, -0.05) is 11.6 Å². The number of hydrogen-bond donors (Lipinski definition) is 1. The summed E-state index contributed by atoms with van der Waals surface area (Å²) in [6.45, 7) is 4.35. The van der Waals surface area contributed by atoms with E-state index < -0.39 is 5.97 Å². The minimum Gasteiger partial charge on any atom is -0.478 e. The van der Waals surface area contributed by atoms with Crippen molar-refractivity contribution in [1.82, 2.24) is 14.8 Å². The number of thiophene rings is 1. The first kappa shape index (κ1) is 14.0. The fourth-order valence-corrected chi connectivity index (χ4v) is 3.51. The summed E-state index contributed by atoms with van der Waals surface area (Å²) in [6.07, 6.45) is 1.67. The van der Waals surface area contributed by atoms with Gasteiger partial charge in [0.2, 0.25) is 0 Å². The Morgan fingerprint density at radius 3 is 2.81 bits per heavy atom. The molecule has 0 bridgehead atoms. The maximum Gasteiger partial charge on any atom is 0.338 e. The molecule has 21 heavy (non-hydrogen) atoms. The Labute approximate surface area is 129 Å². The maximum atomic E-state index is 11.6. The van der Waals surface area contributed by atoms with Gasteiger partial charge in [-0.15, -0.1) is 11.3 Å². The van der Waals surface area contributed by atoms with Gasteiger partial charge in [0.15, 0.2) is 5.65 Å². The highest BCUT2D eigenvalue weighted by atomic mass is 35.5. The van der Waals surface area contributed by atoms with Crippen molar-refractivity contribution in [2.24, 2.45) is 0 Å². The molecule has 0 saturated carbocycles. The van der Waals surface area contributed by atoms with Crippen LogP contribution < -0.4 is 0 Å². The van der Waals surface area contributed by atoms with Crippen LogP contribution in [0.15, 0.2) is 18.3 Å². The molecule has 5 nitrogen and oxygen atoms in total. The zero-order valence-corrected chi connectivity index (χ0v) is 13.0. The molecular weight excluding hydrogens is 310 g/mol. The van der Waals surface area contributed by atoms with Gasteiger partial charge in [0.1, 0.15) is 0 Å². The van der Waals surface area contributed by atoms with Gasteiger partial charge >= 0.3 is 5.97 Å². The van der Waals surface area contributed by atoms with Crippen LogP contribution in [0.5, 0.6) is 0 Å². The topological polar surface area (TPSA) is 68.0 Å². The summed E-state index contributed by atoms with van der Waals surface area (Å²) < 4.78 is 2.37. The Hall–Kier alpha value is -1.92. The van der Waals surface area contributed by atoms with Crippen LogP contribution >= 0.6 is 22.9 Å². The number of aryl methyl sites for hydroxylation is 2. The molecule has 7 heteroatoms. The van der Waals surface area contributed by atoms with E-state index in [9.17, 15) is 9.90 Å². The first-order valence-electron chi connectivity index (χ1n) is 6.38. The quantitative estimate of drug-likeness (QED) is 0.795. The Morgan fingerprint density at radius 1 is 1.48 bits per heavy atom. The third-order valence-corrected chi connectivity index (χ3v) is 4.55. The number of rotatable bonds is 3. The molecule has 3 aromatic heterocycles. The van der Waals surface area contributed by atoms with Crippen molar-refractivity contribution in [3.8, 4) is 10.4 Å². The van der Waals surface area contributed by atoms with E-state index in [1.807, 2.05) is 13.0 Å². The predicted molar refractivity (Wildman–Crippen MR) is 83.2 cm³/mol. The van der Waals surface area contributed by atoms with Crippen LogP contribution in [0.25, 0.3) is 21.5 Å². The van der Waals surface area contributed by atoms with Crippen LogP contribution in [0.2, 0.25) is 4.34 Å². The van der Waals surface area contributed by atoms with Crippen molar-refractivity contribution in [1.29, 1.82) is 0 Å². The number of nitrogens with zero attached hydrogens (tertiary/aromatic N) is 3. The number of fused-ring (bicyclic) bond motifs is 1. The number of aromatic nitrogens is 3. The smallest absolute Gasteiger partial charge is 0.338 e. The van der Waals surface area contributed by atoms with Gasteiger partial charge in [-0.2, -0.15) is 5.10 Å². The number of carboxylic acids is 1. The van der Waals surface area contributed by atoms with Crippen molar-refractivity contribution in [2.45, 2.75) is 20.4 Å². The van der Waals surface area contributed by atoms with Gasteiger partial charge in [-0.25, -0.2) is 14.5 Å². The first-order chi connectivity index (χ1) is 10.0. The average molecular weight is 322 g/mol. The second kappa shape index (κ2) is 5.13. The maximum absolute atomic E-state index is 11.6. The largest absolute Gasteiger partial charge is 0.478 e. The Balaban J connectivity index is 2.45. The molecule has 0 fully saturated rings. The fourth-order valence-electron chi connectivity index (χ4n) is 2.40. The third-order valence-electron chi connectivity index (χ3n) is 3.30. The van der Waals surface area contributed by atoms with Gasteiger partial charge in [-0.05, 0) is 26.0 Å². The molecule has 0 aliphatic rings. The van der Waals surface area contributed by atoms with Crippen LogP contribution in [-0.4, -0.2) is 25.8 Å². The van der Waals surface area contributed by atoms with E-state index in [2.05, 4.69) is 10.1 Å². The zero-order valence-electron chi connectivity index (χ0n) is 11.4. The average Bonchev–Trinajstić information content (AvgIpc) is 3.02. The van der Waals surface area contributed by atoms with Gasteiger partial charge in [0.05, 0.1) is 21.8 Å². The van der Waals surface area contributed by atoms with Gasteiger partial charge in [0.25, 0.3) is 0 Å². The number of pyridine rings is 1. The monoisotopic (exact) mass is 321 g/mol. The van der Waals surface area contributed by atoms with Crippen molar-refractivity contribution in [2.75, 3.05) is 0 Å². The summed E-state index contributed by atoms with van der Waals surface area (Å²) in [7, 11) is 0. The predicted octanol–water partition coefficient (Wildman–Crippen LogP) is 3.84. The normalized spacial score (nSPS) is 11.2. The van der Waals surface area contributed by atoms with Crippen molar-refractivity contribution in [3.05, 3.63) is 33.9 Å². The van der Waals surface area contributed by atoms with Crippen molar-refractivity contribution in [3.63, 3.8) is 0 Å². The van der Waals surface area contributed by atoms with E-state index in [4.69, 9.17) is 11.6 Å². The summed E-state index contributed by atoms with van der Waals surface area (Å²) in [5.74, 6) is -0.995. The summed E-state index contributed by atoms with van der Waals surface area (Å²) in [5, 5.41) is 14.6. The van der Waals surface area contributed by atoms with Gasteiger partial charge < -0.3 is 5.11 Å². The Kier molecular flexibility index (Phi) is 3.43. The van der Waals surface area contributed by atoms with Gasteiger partial charge in [-0.3, -0.25) is 0 Å². The molecule has 0 unspecified atom stereocenters. The fraction of sp³-hybridized carbons (Fsp3) is 0.214. The van der Waals surface area contributed by atoms with E-state index in [1.54, 1.807) is 23.9 Å². The lowest BCUT2D eigenvalue weighted by atomic mass is 10.0. The summed E-state index contributed by atoms with van der Waals surface area (Å²) >= 11 is 7.35. The molecule has 0 atom stereocenters. The molecule has 0 radical (unpaired) electrons. The van der Waals surface area contributed by atoms with Crippen LogP contribution in [-0.2, 0) is 6.54 Å². The van der Waals surface area contributed by atoms with E-state index in [-0.39, 0.29) is 5.56 Å². The van der Waals surface area contributed by atoms with Gasteiger partial charge in [0, 0.05) is 22.4 Å². The number of carbonyl (C=O) groups is 1. The number of aromatic carboxylic acids is 1. The Morgan fingerprint density at radius 2 is 2.24 bits per heavy atom. The summed E-state index contributed by atoms with van der Waals surface area (Å²) in [6, 6.07) is 3.59. The van der Waals surface area contributed by atoms with Crippen LogP contribution in [0.3, 0.4) is 0 Å². The molecule has 0 spiro atoms. The minimum absolute atomic E-state index is 0.205. The zero-order chi connectivity index (χ0) is 15.1. The highest BCUT2D eigenvalue weighted by molar-refractivity contribution is 7.19. The lowest BCUT2D eigenvalue weighted by molar-refractivity contribution is 0.0696. The van der Waals surface area contributed by atoms with Crippen molar-refractivity contribution >= 4 is 39.9 Å². The van der Waals surface area contributed by atoms with E-state index in [0.717, 1.165) is 10.3 Å². The van der Waals surface area contributed by atoms with Crippen LogP contribution in [0.1, 0.15) is 23.0 Å². The lowest BCUT2D eigenvalue weighted by Crippen LogP contribution is -2.06. The molecule has 3 aromatic rings. The van der Waals surface area contributed by atoms with Crippen LogP contribution in [0.4, 0.5) is 0 Å². The molecule has 0 aromatic carbocycles. The summed E-state index contributed by atoms with van der Waals surface area (Å²) in [4.78, 5) is 16.9. The highest BCUT2D eigenvalue weighted by Gasteiger charge is 2.22. The third kappa shape index (κ3) is 2.20. The number of halogens is 1. The standard InChI is InChI=1S/C14H12ClN3O2S/c1-3-18-13-8(6-16-18)12(9-4-5-10(15)21-9)11(14(19)20)7(2)17-13/h4-6H,3H2,1-2H3,(H,19,20). The highest BCUT2D eigenvalue weighted by Crippen LogP contribution is 2.38. The second-order valence-corrected chi connectivity index (χ2v) is 6.27. The molecule has 3 heterocycles. The molecular formula is C14H12ClN3O2S. The Bertz CT molecular complexity index is 853.